The molecular weight excluding hydrogens is 520 g/mol. The predicted octanol–water partition coefficient (Wildman–Crippen LogP) is 2.58. The summed E-state index contributed by atoms with van der Waals surface area (Å²) in [5.74, 6) is 6.53. The van der Waals surface area contributed by atoms with E-state index in [1.54, 1.807) is 29.6 Å². The summed E-state index contributed by atoms with van der Waals surface area (Å²) in [6, 6.07) is 6.48. The number of H-pyrrole nitrogens is 1. The molecule has 4 aromatic rings. The second-order valence-corrected chi connectivity index (χ2v) is 9.41. The van der Waals surface area contributed by atoms with Gasteiger partial charge >= 0.3 is 0 Å². The largest absolute Gasteiger partial charge is 0.335 e. The molecule has 176 valence electrons. The van der Waals surface area contributed by atoms with Crippen molar-refractivity contribution < 1.29 is 9.59 Å². The van der Waals surface area contributed by atoms with Crippen LogP contribution in [0, 0.1) is 4.77 Å². The van der Waals surface area contributed by atoms with Crippen LogP contribution in [0.5, 0.6) is 0 Å². The lowest BCUT2D eigenvalue weighted by Gasteiger charge is -2.11. The van der Waals surface area contributed by atoms with E-state index >= 15 is 0 Å². The summed E-state index contributed by atoms with van der Waals surface area (Å²) in [4.78, 5) is 28.5. The van der Waals surface area contributed by atoms with Gasteiger partial charge in [-0.15, -0.1) is 21.5 Å². The van der Waals surface area contributed by atoms with Crippen molar-refractivity contribution >= 4 is 63.9 Å². The highest BCUT2D eigenvalue weighted by atomic mass is 35.5. The molecular formula is C18H17ClN10O2S3. The second-order valence-electron chi connectivity index (χ2n) is 6.79. The lowest BCUT2D eigenvalue weighted by molar-refractivity contribution is -0.114. The maximum absolute atomic E-state index is 12.9. The fraction of sp³-hybridized carbons (Fsp3) is 0.167. The number of halogens is 1. The Hall–Kier alpha value is -3.27. The number of rotatable bonds is 8. The van der Waals surface area contributed by atoms with E-state index in [2.05, 4.69) is 36.1 Å². The van der Waals surface area contributed by atoms with Crippen molar-refractivity contribution in [1.82, 2.24) is 34.7 Å². The van der Waals surface area contributed by atoms with Gasteiger partial charge in [0, 0.05) is 22.9 Å². The molecule has 0 unspecified atom stereocenters. The van der Waals surface area contributed by atoms with Crippen molar-refractivity contribution in [2.45, 2.75) is 24.3 Å². The van der Waals surface area contributed by atoms with Crippen molar-refractivity contribution in [3.8, 4) is 0 Å². The SMILES string of the molecule is CC(=O)Nc1nc(Cc2nnc(SCc3n[nH]c(=S)n3N)n2NC(=O)c2ccc(Cl)cc2)cs1. The highest BCUT2D eigenvalue weighted by Gasteiger charge is 2.19. The Morgan fingerprint density at radius 3 is 2.71 bits per heavy atom. The van der Waals surface area contributed by atoms with Crippen LogP contribution in [0.15, 0.2) is 34.8 Å². The third kappa shape index (κ3) is 5.61. The van der Waals surface area contributed by atoms with Gasteiger partial charge in [0.1, 0.15) is 0 Å². The normalized spacial score (nSPS) is 10.9. The fourth-order valence-electron chi connectivity index (χ4n) is 2.71. The van der Waals surface area contributed by atoms with Gasteiger partial charge in [-0.05, 0) is 36.5 Å². The molecule has 0 radical (unpaired) electrons. The van der Waals surface area contributed by atoms with Crippen molar-refractivity contribution in [1.29, 1.82) is 0 Å². The summed E-state index contributed by atoms with van der Waals surface area (Å²) in [6.07, 6.45) is 0.264. The van der Waals surface area contributed by atoms with E-state index in [0.717, 1.165) is 0 Å². The molecule has 0 saturated carbocycles. The number of nitrogens with one attached hydrogen (secondary N) is 3. The zero-order valence-electron chi connectivity index (χ0n) is 17.5. The molecule has 0 aliphatic rings. The van der Waals surface area contributed by atoms with Gasteiger partial charge in [-0.3, -0.25) is 20.1 Å². The van der Waals surface area contributed by atoms with E-state index in [4.69, 9.17) is 29.7 Å². The van der Waals surface area contributed by atoms with Gasteiger partial charge in [0.15, 0.2) is 16.8 Å². The summed E-state index contributed by atoms with van der Waals surface area (Å²) in [5.41, 5.74) is 3.88. The molecule has 12 nitrogen and oxygen atoms in total. The van der Waals surface area contributed by atoms with E-state index < -0.39 is 0 Å². The zero-order valence-corrected chi connectivity index (χ0v) is 20.7. The number of anilines is 1. The molecule has 0 saturated heterocycles. The summed E-state index contributed by atoms with van der Waals surface area (Å²) in [7, 11) is 0. The summed E-state index contributed by atoms with van der Waals surface area (Å²) in [5, 5.41) is 21.0. The third-order valence-electron chi connectivity index (χ3n) is 4.30. The number of nitrogen functional groups attached to an aromatic ring is 1. The van der Waals surface area contributed by atoms with Crippen LogP contribution in [0.1, 0.15) is 34.6 Å². The van der Waals surface area contributed by atoms with Gasteiger partial charge in [0.25, 0.3) is 5.91 Å². The average Bonchev–Trinajstić information content (AvgIpc) is 3.48. The summed E-state index contributed by atoms with van der Waals surface area (Å²) < 4.78 is 3.03. The van der Waals surface area contributed by atoms with Gasteiger partial charge in [-0.25, -0.2) is 14.3 Å². The number of aromatic amines is 1. The van der Waals surface area contributed by atoms with Gasteiger partial charge in [0.05, 0.1) is 17.9 Å². The lowest BCUT2D eigenvalue weighted by atomic mass is 10.2. The molecule has 0 aliphatic carbocycles. The first-order valence-electron chi connectivity index (χ1n) is 9.57. The van der Waals surface area contributed by atoms with Crippen LogP contribution >= 0.6 is 46.9 Å². The van der Waals surface area contributed by atoms with Gasteiger partial charge in [0.2, 0.25) is 15.8 Å². The van der Waals surface area contributed by atoms with E-state index in [1.165, 1.54) is 39.4 Å². The molecule has 3 aromatic heterocycles. The Kier molecular flexibility index (Phi) is 7.26. The van der Waals surface area contributed by atoms with E-state index in [9.17, 15) is 9.59 Å². The Morgan fingerprint density at radius 2 is 2.03 bits per heavy atom. The smallest absolute Gasteiger partial charge is 0.270 e. The Labute approximate surface area is 210 Å². The first-order chi connectivity index (χ1) is 16.3. The van der Waals surface area contributed by atoms with Gasteiger partial charge in [-0.2, -0.15) is 5.10 Å². The first-order valence-corrected chi connectivity index (χ1v) is 12.2. The molecule has 3 heterocycles. The van der Waals surface area contributed by atoms with Crippen molar-refractivity contribution in [3.05, 3.63) is 62.3 Å². The van der Waals surface area contributed by atoms with E-state index in [-0.39, 0.29) is 23.0 Å². The first kappa shape index (κ1) is 23.9. The van der Waals surface area contributed by atoms with Crippen LogP contribution in [-0.2, 0) is 17.0 Å². The number of benzene rings is 1. The number of thiazole rings is 1. The number of hydrogen-bond acceptors (Lipinski definition) is 10. The standard InChI is InChI=1S/C18H17ClN10O2S3/c1-9(30)21-16-22-12(7-33-16)6-13-23-26-18(34-8-14-24-25-17(32)28(14)20)29(13)27-15(31)10-2-4-11(19)5-3-10/h2-5,7H,6,8,20H2,1H3,(H,25,32)(H,27,31)(H,21,22,30). The average molecular weight is 537 g/mol. The predicted molar refractivity (Wildman–Crippen MR) is 132 cm³/mol. The molecule has 16 heteroatoms. The number of carbonyl (C=O) groups excluding carboxylic acids is 2. The second kappa shape index (κ2) is 10.3. The van der Waals surface area contributed by atoms with Crippen LogP contribution in [-0.4, -0.2) is 46.5 Å². The zero-order chi connectivity index (χ0) is 24.2. The number of nitrogens with two attached hydrogens (primary N) is 1. The monoisotopic (exact) mass is 536 g/mol. The molecule has 0 aliphatic heterocycles. The number of nitrogens with zero attached hydrogens (tertiary/aromatic N) is 6. The highest BCUT2D eigenvalue weighted by molar-refractivity contribution is 7.98. The number of aromatic nitrogens is 7. The summed E-state index contributed by atoms with van der Waals surface area (Å²) >= 11 is 13.5. The fourth-order valence-corrected chi connectivity index (χ4v) is 4.59. The van der Waals surface area contributed by atoms with Crippen molar-refractivity contribution in [3.63, 3.8) is 0 Å². The van der Waals surface area contributed by atoms with Crippen LogP contribution in [0.2, 0.25) is 5.02 Å². The number of hydrogen-bond donors (Lipinski definition) is 4. The van der Waals surface area contributed by atoms with Crippen LogP contribution in [0.3, 0.4) is 0 Å². The van der Waals surface area contributed by atoms with Crippen LogP contribution in [0.4, 0.5) is 5.13 Å². The van der Waals surface area contributed by atoms with E-state index in [0.29, 0.717) is 44.0 Å². The molecule has 34 heavy (non-hydrogen) atoms. The van der Waals surface area contributed by atoms with Crippen LogP contribution < -0.4 is 16.6 Å². The number of amides is 2. The molecule has 0 atom stereocenters. The molecule has 0 bridgehead atoms. The number of thioether (sulfide) groups is 1. The Bertz CT molecular complexity index is 1390. The van der Waals surface area contributed by atoms with Crippen LogP contribution in [0.25, 0.3) is 0 Å². The topological polar surface area (TPSA) is 161 Å². The molecule has 2 amide bonds. The molecule has 0 fully saturated rings. The minimum atomic E-state index is -0.377. The van der Waals surface area contributed by atoms with Crippen molar-refractivity contribution in [2.75, 3.05) is 16.6 Å². The van der Waals surface area contributed by atoms with Crippen molar-refractivity contribution in [2.24, 2.45) is 0 Å². The molecule has 5 N–H and O–H groups in total. The minimum Gasteiger partial charge on any atom is -0.335 e. The lowest BCUT2D eigenvalue weighted by Crippen LogP contribution is -2.25. The molecule has 1 aromatic carbocycles. The van der Waals surface area contributed by atoms with E-state index in [1.807, 2.05) is 0 Å². The minimum absolute atomic E-state index is 0.212. The Balaban J connectivity index is 1.59. The maximum atomic E-state index is 12.9. The summed E-state index contributed by atoms with van der Waals surface area (Å²) in [6.45, 7) is 1.41. The highest BCUT2D eigenvalue weighted by Crippen LogP contribution is 2.23. The van der Waals surface area contributed by atoms with Gasteiger partial charge < -0.3 is 11.2 Å². The Morgan fingerprint density at radius 1 is 1.26 bits per heavy atom. The quantitative estimate of drug-likeness (QED) is 0.151. The molecule has 4 rings (SSSR count). The molecule has 0 spiro atoms. The third-order valence-corrected chi connectivity index (χ3v) is 6.57. The number of carbonyl (C=O) groups is 2. The van der Waals surface area contributed by atoms with Gasteiger partial charge in [-0.1, -0.05) is 23.4 Å². The maximum Gasteiger partial charge on any atom is 0.270 e.